The van der Waals surface area contributed by atoms with Gasteiger partial charge in [0.15, 0.2) is 5.65 Å². The van der Waals surface area contributed by atoms with Crippen molar-refractivity contribution < 1.29 is 0 Å². The molecule has 0 aromatic carbocycles. The van der Waals surface area contributed by atoms with E-state index in [1.807, 2.05) is 13.2 Å². The molecule has 90 valence electrons. The first-order chi connectivity index (χ1) is 8.18. The maximum absolute atomic E-state index is 4.35. The van der Waals surface area contributed by atoms with E-state index in [0.717, 1.165) is 16.9 Å². The fourth-order valence-electron chi connectivity index (χ4n) is 2.63. The van der Waals surface area contributed by atoms with Crippen LogP contribution in [0.15, 0.2) is 12.5 Å². The zero-order chi connectivity index (χ0) is 11.9. The van der Waals surface area contributed by atoms with Gasteiger partial charge in [-0.2, -0.15) is 5.10 Å². The fraction of sp³-hybridized carbons (Fsp3) is 0.583. The molecule has 0 aliphatic heterocycles. The third kappa shape index (κ3) is 1.75. The van der Waals surface area contributed by atoms with Gasteiger partial charge in [-0.05, 0) is 19.8 Å². The second kappa shape index (κ2) is 3.68. The molecule has 0 atom stereocenters. The molecule has 0 unspecified atom stereocenters. The lowest BCUT2D eigenvalue weighted by Gasteiger charge is -2.26. The van der Waals surface area contributed by atoms with Crippen molar-refractivity contribution in [1.29, 1.82) is 0 Å². The first kappa shape index (κ1) is 10.5. The molecular weight excluding hydrogens is 214 g/mol. The zero-order valence-corrected chi connectivity index (χ0v) is 10.3. The number of nitrogens with one attached hydrogen (secondary N) is 1. The third-order valence-electron chi connectivity index (χ3n) is 3.66. The minimum absolute atomic E-state index is 0.178. The van der Waals surface area contributed by atoms with Gasteiger partial charge in [0.2, 0.25) is 0 Å². The molecule has 1 N–H and O–H groups in total. The van der Waals surface area contributed by atoms with Gasteiger partial charge in [-0.15, -0.1) is 0 Å². The summed E-state index contributed by atoms with van der Waals surface area (Å²) in [7, 11) is 1.90. The summed E-state index contributed by atoms with van der Waals surface area (Å²) < 4.78 is 1.78. The molecule has 5 heteroatoms. The number of fused-ring (bicyclic) bond motifs is 1. The fourth-order valence-corrected chi connectivity index (χ4v) is 2.63. The summed E-state index contributed by atoms with van der Waals surface area (Å²) in [6, 6.07) is 0. The molecule has 2 aromatic heterocycles. The molecule has 1 aliphatic carbocycles. The van der Waals surface area contributed by atoms with Crippen LogP contribution in [0.25, 0.3) is 11.0 Å². The Bertz CT molecular complexity index is 539. The summed E-state index contributed by atoms with van der Waals surface area (Å²) in [5, 5.41) is 8.80. The van der Waals surface area contributed by atoms with Crippen molar-refractivity contribution in [3.8, 4) is 0 Å². The predicted molar refractivity (Wildman–Crippen MR) is 66.8 cm³/mol. The van der Waals surface area contributed by atoms with Crippen molar-refractivity contribution in [1.82, 2.24) is 19.7 Å². The van der Waals surface area contributed by atoms with Crippen LogP contribution >= 0.6 is 0 Å². The second-order valence-electron chi connectivity index (χ2n) is 5.12. The van der Waals surface area contributed by atoms with Crippen LogP contribution in [0.5, 0.6) is 0 Å². The van der Waals surface area contributed by atoms with Gasteiger partial charge in [0.1, 0.15) is 12.1 Å². The molecule has 0 bridgehead atoms. The Morgan fingerprint density at radius 3 is 2.82 bits per heavy atom. The number of anilines is 1. The van der Waals surface area contributed by atoms with E-state index in [-0.39, 0.29) is 5.54 Å². The van der Waals surface area contributed by atoms with Crippen LogP contribution in [0.4, 0.5) is 5.82 Å². The highest BCUT2D eigenvalue weighted by molar-refractivity contribution is 5.86. The lowest BCUT2D eigenvalue weighted by Crippen LogP contribution is -2.31. The van der Waals surface area contributed by atoms with E-state index in [1.54, 1.807) is 11.0 Å². The van der Waals surface area contributed by atoms with Crippen LogP contribution in [-0.2, 0) is 7.05 Å². The van der Waals surface area contributed by atoms with Crippen LogP contribution in [0.1, 0.15) is 32.6 Å². The highest BCUT2D eigenvalue weighted by Crippen LogP contribution is 2.33. The van der Waals surface area contributed by atoms with E-state index < -0.39 is 0 Å². The van der Waals surface area contributed by atoms with Crippen LogP contribution in [0, 0.1) is 0 Å². The molecule has 2 aromatic rings. The van der Waals surface area contributed by atoms with Gasteiger partial charge in [0, 0.05) is 12.6 Å². The van der Waals surface area contributed by atoms with Crippen molar-refractivity contribution >= 4 is 16.9 Å². The van der Waals surface area contributed by atoms with Gasteiger partial charge < -0.3 is 5.32 Å². The Morgan fingerprint density at radius 1 is 1.29 bits per heavy atom. The van der Waals surface area contributed by atoms with E-state index in [4.69, 9.17) is 0 Å². The number of hydrogen-bond donors (Lipinski definition) is 1. The molecule has 3 rings (SSSR count). The first-order valence-electron chi connectivity index (χ1n) is 6.09. The van der Waals surface area contributed by atoms with Gasteiger partial charge >= 0.3 is 0 Å². The van der Waals surface area contributed by atoms with Crippen molar-refractivity contribution in [2.45, 2.75) is 38.1 Å². The number of aromatic nitrogens is 4. The van der Waals surface area contributed by atoms with Crippen LogP contribution in [0.2, 0.25) is 0 Å². The molecule has 2 heterocycles. The highest BCUT2D eigenvalue weighted by Gasteiger charge is 2.29. The normalized spacial score (nSPS) is 18.7. The highest BCUT2D eigenvalue weighted by atomic mass is 15.3. The monoisotopic (exact) mass is 231 g/mol. The molecule has 5 nitrogen and oxygen atoms in total. The van der Waals surface area contributed by atoms with Crippen LogP contribution < -0.4 is 5.32 Å². The minimum atomic E-state index is 0.178. The quantitative estimate of drug-likeness (QED) is 0.860. The van der Waals surface area contributed by atoms with Crippen molar-refractivity contribution in [2.24, 2.45) is 7.05 Å². The molecule has 0 spiro atoms. The van der Waals surface area contributed by atoms with Gasteiger partial charge in [0.05, 0.1) is 11.6 Å². The Kier molecular flexibility index (Phi) is 2.28. The van der Waals surface area contributed by atoms with Crippen molar-refractivity contribution in [2.75, 3.05) is 5.32 Å². The van der Waals surface area contributed by atoms with Gasteiger partial charge in [-0.3, -0.25) is 4.68 Å². The summed E-state index contributed by atoms with van der Waals surface area (Å²) in [5.74, 6) is 0.910. The molecule has 1 aliphatic rings. The van der Waals surface area contributed by atoms with E-state index >= 15 is 0 Å². The Morgan fingerprint density at radius 2 is 2.06 bits per heavy atom. The maximum Gasteiger partial charge on any atom is 0.163 e. The van der Waals surface area contributed by atoms with E-state index in [0.29, 0.717) is 0 Å². The molecule has 1 saturated carbocycles. The molecule has 1 fully saturated rings. The SMILES string of the molecule is Cn1ncc2c(NC3(C)CCCC3)ncnc21. The second-order valence-corrected chi connectivity index (χ2v) is 5.12. The topological polar surface area (TPSA) is 55.6 Å². The lowest BCUT2D eigenvalue weighted by molar-refractivity contribution is 0.531. The largest absolute Gasteiger partial charge is 0.364 e. The van der Waals surface area contributed by atoms with Gasteiger partial charge in [-0.1, -0.05) is 12.8 Å². The smallest absolute Gasteiger partial charge is 0.163 e. The average molecular weight is 231 g/mol. The van der Waals surface area contributed by atoms with Crippen molar-refractivity contribution in [3.05, 3.63) is 12.5 Å². The minimum Gasteiger partial charge on any atom is -0.364 e. The van der Waals surface area contributed by atoms with E-state index in [9.17, 15) is 0 Å². The van der Waals surface area contributed by atoms with Crippen LogP contribution in [0.3, 0.4) is 0 Å². The zero-order valence-electron chi connectivity index (χ0n) is 10.3. The number of aryl methyl sites for hydroxylation is 1. The Balaban J connectivity index is 2.00. The summed E-state index contributed by atoms with van der Waals surface area (Å²) in [5.41, 5.74) is 1.06. The van der Waals surface area contributed by atoms with Gasteiger partial charge in [-0.25, -0.2) is 9.97 Å². The van der Waals surface area contributed by atoms with Crippen LogP contribution in [-0.4, -0.2) is 25.3 Å². The summed E-state index contributed by atoms with van der Waals surface area (Å²) in [4.78, 5) is 8.60. The average Bonchev–Trinajstić information content (AvgIpc) is 2.88. The number of rotatable bonds is 2. The molecular formula is C12H17N5. The summed E-state index contributed by atoms with van der Waals surface area (Å²) >= 11 is 0. The third-order valence-corrected chi connectivity index (χ3v) is 3.66. The van der Waals surface area contributed by atoms with E-state index in [2.05, 4.69) is 27.3 Å². The Hall–Kier alpha value is -1.65. The predicted octanol–water partition coefficient (Wildman–Crippen LogP) is 2.11. The standard InChI is InChI=1S/C12H17N5/c1-12(5-3-4-6-12)16-10-9-7-15-17(2)11(9)14-8-13-10/h7-8H,3-6H2,1-2H3,(H,13,14,16). The molecule has 0 saturated heterocycles. The summed E-state index contributed by atoms with van der Waals surface area (Å²) in [6.45, 7) is 2.27. The van der Waals surface area contributed by atoms with Crippen molar-refractivity contribution in [3.63, 3.8) is 0 Å². The Labute approximate surface area is 100 Å². The first-order valence-corrected chi connectivity index (χ1v) is 6.09. The summed E-state index contributed by atoms with van der Waals surface area (Å²) in [6.07, 6.45) is 8.44. The van der Waals surface area contributed by atoms with Gasteiger partial charge in [0.25, 0.3) is 0 Å². The molecule has 0 radical (unpaired) electrons. The number of nitrogens with zero attached hydrogens (tertiary/aromatic N) is 4. The molecule has 0 amide bonds. The number of hydrogen-bond acceptors (Lipinski definition) is 4. The lowest BCUT2D eigenvalue weighted by atomic mass is 10.0. The molecule has 17 heavy (non-hydrogen) atoms. The maximum atomic E-state index is 4.35. The van der Waals surface area contributed by atoms with E-state index in [1.165, 1.54) is 25.7 Å².